The Morgan fingerprint density at radius 2 is 1.75 bits per heavy atom. The minimum absolute atomic E-state index is 0. The Morgan fingerprint density at radius 1 is 1.12 bits per heavy atom. The molecule has 0 saturated carbocycles. The summed E-state index contributed by atoms with van der Waals surface area (Å²) in [5.41, 5.74) is 2.10. The Balaban J connectivity index is 0.00000288. The van der Waals surface area contributed by atoms with Crippen LogP contribution in [0.5, 0.6) is 0 Å². The van der Waals surface area contributed by atoms with Gasteiger partial charge in [-0.15, -0.1) is 12.4 Å². The van der Waals surface area contributed by atoms with E-state index in [2.05, 4.69) is 12.2 Å². The minimum atomic E-state index is -0.516. The van der Waals surface area contributed by atoms with Crippen LogP contribution >= 0.6 is 12.4 Å². The van der Waals surface area contributed by atoms with Crippen LogP contribution in [0.1, 0.15) is 30.6 Å². The summed E-state index contributed by atoms with van der Waals surface area (Å²) in [4.78, 5) is 10.2. The van der Waals surface area contributed by atoms with Gasteiger partial charge in [-0.05, 0) is 30.9 Å². The second kappa shape index (κ2) is 10.0. The van der Waals surface area contributed by atoms with Crippen molar-refractivity contribution in [2.75, 3.05) is 6.54 Å². The van der Waals surface area contributed by atoms with Gasteiger partial charge in [-0.2, -0.15) is 0 Å². The molecule has 0 spiro atoms. The molecule has 0 aliphatic carbocycles. The van der Waals surface area contributed by atoms with E-state index in [1.54, 1.807) is 12.1 Å². The lowest BCUT2D eigenvalue weighted by molar-refractivity contribution is -0.384. The van der Waals surface area contributed by atoms with E-state index in [0.717, 1.165) is 24.0 Å². The number of aliphatic hydroxyl groups is 1. The van der Waals surface area contributed by atoms with Gasteiger partial charge >= 0.3 is 0 Å². The Morgan fingerprint density at radius 3 is 2.33 bits per heavy atom. The maximum atomic E-state index is 10.6. The number of benzene rings is 2. The highest BCUT2D eigenvalue weighted by molar-refractivity contribution is 5.85. The number of halogens is 1. The molecule has 2 N–H and O–H groups in total. The fraction of sp³-hybridized carbons (Fsp3) is 0.333. The zero-order valence-corrected chi connectivity index (χ0v) is 14.4. The van der Waals surface area contributed by atoms with E-state index in [9.17, 15) is 15.2 Å². The SMILES string of the molecule is CC(CCc1ccc([N+](=O)[O-])cc1)NCC(O)c1ccccc1.Cl. The standard InChI is InChI=1S/C18H22N2O3.ClH/c1-14(19-13-18(21)16-5-3-2-4-6-16)7-8-15-9-11-17(12-10-15)20(22)23;/h2-6,9-12,14,18-19,21H,7-8,13H2,1H3;1H. The predicted molar refractivity (Wildman–Crippen MR) is 97.5 cm³/mol. The average molecular weight is 351 g/mol. The molecular weight excluding hydrogens is 328 g/mol. The van der Waals surface area contributed by atoms with Crippen LogP contribution in [0.25, 0.3) is 0 Å². The molecule has 0 fully saturated rings. The number of hydrogen-bond acceptors (Lipinski definition) is 4. The highest BCUT2D eigenvalue weighted by Gasteiger charge is 2.09. The minimum Gasteiger partial charge on any atom is -0.387 e. The largest absolute Gasteiger partial charge is 0.387 e. The van der Waals surface area contributed by atoms with E-state index < -0.39 is 6.10 Å². The molecule has 0 bridgehead atoms. The number of hydrogen-bond donors (Lipinski definition) is 2. The van der Waals surface area contributed by atoms with Crippen LogP contribution in [0, 0.1) is 10.1 Å². The fourth-order valence-electron chi connectivity index (χ4n) is 2.38. The van der Waals surface area contributed by atoms with Crippen molar-refractivity contribution in [3.05, 3.63) is 75.8 Å². The summed E-state index contributed by atoms with van der Waals surface area (Å²) in [6.45, 7) is 2.58. The first-order chi connectivity index (χ1) is 11.1. The van der Waals surface area contributed by atoms with Crippen molar-refractivity contribution in [3.63, 3.8) is 0 Å². The van der Waals surface area contributed by atoms with Crippen LogP contribution in [-0.2, 0) is 6.42 Å². The van der Waals surface area contributed by atoms with Crippen molar-refractivity contribution >= 4 is 18.1 Å². The smallest absolute Gasteiger partial charge is 0.269 e. The molecule has 6 heteroatoms. The highest BCUT2D eigenvalue weighted by atomic mass is 35.5. The maximum absolute atomic E-state index is 10.6. The molecule has 0 saturated heterocycles. The average Bonchev–Trinajstić information content (AvgIpc) is 2.59. The summed E-state index contributed by atoms with van der Waals surface area (Å²) in [7, 11) is 0. The third-order valence-electron chi connectivity index (χ3n) is 3.86. The molecule has 5 nitrogen and oxygen atoms in total. The van der Waals surface area contributed by atoms with E-state index in [1.807, 2.05) is 30.3 Å². The van der Waals surface area contributed by atoms with Gasteiger partial charge in [0.1, 0.15) is 0 Å². The summed E-state index contributed by atoms with van der Waals surface area (Å²) < 4.78 is 0. The molecular formula is C18H23ClN2O3. The van der Waals surface area contributed by atoms with Gasteiger partial charge in [0.2, 0.25) is 0 Å². The topological polar surface area (TPSA) is 75.4 Å². The van der Waals surface area contributed by atoms with Crippen molar-refractivity contribution < 1.29 is 10.0 Å². The van der Waals surface area contributed by atoms with Crippen molar-refractivity contribution in [1.82, 2.24) is 5.32 Å². The lowest BCUT2D eigenvalue weighted by Crippen LogP contribution is -2.30. The summed E-state index contributed by atoms with van der Waals surface area (Å²) in [5.74, 6) is 0. The molecule has 2 atom stereocenters. The Kier molecular flexibility index (Phi) is 8.40. The Hall–Kier alpha value is -1.95. The van der Waals surface area contributed by atoms with E-state index >= 15 is 0 Å². The van der Waals surface area contributed by atoms with Gasteiger partial charge < -0.3 is 10.4 Å². The third kappa shape index (κ3) is 6.28. The summed E-state index contributed by atoms with van der Waals surface area (Å²) in [5, 5.41) is 24.0. The van der Waals surface area contributed by atoms with E-state index in [0.29, 0.717) is 6.54 Å². The van der Waals surface area contributed by atoms with Crippen molar-refractivity contribution in [2.24, 2.45) is 0 Å². The summed E-state index contributed by atoms with van der Waals surface area (Å²) in [6.07, 6.45) is 1.23. The number of nitrogens with one attached hydrogen (secondary N) is 1. The van der Waals surface area contributed by atoms with Gasteiger partial charge in [0.05, 0.1) is 11.0 Å². The molecule has 0 aliphatic heterocycles. The zero-order chi connectivity index (χ0) is 16.7. The van der Waals surface area contributed by atoms with Crippen LogP contribution < -0.4 is 5.32 Å². The van der Waals surface area contributed by atoms with Crippen LogP contribution in [-0.4, -0.2) is 22.6 Å². The number of aliphatic hydroxyl groups excluding tert-OH is 1. The van der Waals surface area contributed by atoms with Gasteiger partial charge in [-0.3, -0.25) is 10.1 Å². The number of nitro benzene ring substituents is 1. The zero-order valence-electron chi connectivity index (χ0n) is 13.6. The maximum Gasteiger partial charge on any atom is 0.269 e. The van der Waals surface area contributed by atoms with E-state index in [-0.39, 0.29) is 29.1 Å². The molecule has 0 heterocycles. The Bertz CT molecular complexity index is 620. The first kappa shape index (κ1) is 20.1. The van der Waals surface area contributed by atoms with E-state index in [1.165, 1.54) is 12.1 Å². The lowest BCUT2D eigenvalue weighted by Gasteiger charge is -2.17. The number of nitro groups is 1. The molecule has 130 valence electrons. The van der Waals surface area contributed by atoms with Crippen LogP contribution in [0.2, 0.25) is 0 Å². The molecule has 2 aromatic carbocycles. The van der Waals surface area contributed by atoms with Crippen LogP contribution in [0.15, 0.2) is 54.6 Å². The molecule has 2 rings (SSSR count). The molecule has 0 radical (unpaired) electrons. The monoisotopic (exact) mass is 350 g/mol. The molecule has 0 aliphatic rings. The number of rotatable bonds is 8. The first-order valence-corrected chi connectivity index (χ1v) is 7.76. The normalized spacial score (nSPS) is 12.9. The fourth-order valence-corrected chi connectivity index (χ4v) is 2.38. The Labute approximate surface area is 148 Å². The molecule has 2 aromatic rings. The molecule has 0 aromatic heterocycles. The van der Waals surface area contributed by atoms with Gasteiger partial charge in [0, 0.05) is 24.7 Å². The number of non-ortho nitro benzene ring substituents is 1. The second-order valence-electron chi connectivity index (χ2n) is 5.70. The molecule has 2 unspecified atom stereocenters. The number of aryl methyl sites for hydroxylation is 1. The molecule has 24 heavy (non-hydrogen) atoms. The lowest BCUT2D eigenvalue weighted by atomic mass is 10.0. The second-order valence-corrected chi connectivity index (χ2v) is 5.70. The third-order valence-corrected chi connectivity index (χ3v) is 3.86. The molecule has 0 amide bonds. The van der Waals surface area contributed by atoms with Crippen molar-refractivity contribution in [2.45, 2.75) is 31.9 Å². The van der Waals surface area contributed by atoms with Gasteiger partial charge in [-0.25, -0.2) is 0 Å². The number of nitrogens with zero attached hydrogens (tertiary/aromatic N) is 1. The predicted octanol–water partition coefficient (Wildman–Crippen LogP) is 3.66. The van der Waals surface area contributed by atoms with Gasteiger partial charge in [0.25, 0.3) is 5.69 Å². The van der Waals surface area contributed by atoms with Crippen LogP contribution in [0.4, 0.5) is 5.69 Å². The van der Waals surface area contributed by atoms with Crippen LogP contribution in [0.3, 0.4) is 0 Å². The van der Waals surface area contributed by atoms with Gasteiger partial charge in [-0.1, -0.05) is 42.5 Å². The quantitative estimate of drug-likeness (QED) is 0.562. The van der Waals surface area contributed by atoms with Crippen molar-refractivity contribution in [3.8, 4) is 0 Å². The van der Waals surface area contributed by atoms with Gasteiger partial charge in [0.15, 0.2) is 0 Å². The van der Waals surface area contributed by atoms with Crippen molar-refractivity contribution in [1.29, 1.82) is 0 Å². The summed E-state index contributed by atoms with van der Waals surface area (Å²) in [6, 6.07) is 16.5. The van der Waals surface area contributed by atoms with E-state index in [4.69, 9.17) is 0 Å². The highest BCUT2D eigenvalue weighted by Crippen LogP contribution is 2.14. The first-order valence-electron chi connectivity index (χ1n) is 7.76. The summed E-state index contributed by atoms with van der Waals surface area (Å²) >= 11 is 0.